The maximum atomic E-state index is 11.7. The first-order valence-corrected chi connectivity index (χ1v) is 7.30. The summed E-state index contributed by atoms with van der Waals surface area (Å²) < 4.78 is 11.2. The van der Waals surface area contributed by atoms with E-state index < -0.39 is 10.8 Å². The van der Waals surface area contributed by atoms with Crippen molar-refractivity contribution >= 4 is 16.7 Å². The highest BCUT2D eigenvalue weighted by atomic mass is 32.2. The van der Waals surface area contributed by atoms with Gasteiger partial charge in [0, 0.05) is 62.0 Å². The second-order valence-corrected chi connectivity index (χ2v) is 5.86. The smallest absolute Gasteiger partial charge is 0.223 e. The molecule has 0 unspecified atom stereocenters. The molecule has 17 heavy (non-hydrogen) atoms. The molecule has 0 aromatic carbocycles. The second-order valence-electron chi connectivity index (χ2n) is 4.16. The Labute approximate surface area is 105 Å². The molecule has 0 atom stereocenters. The first kappa shape index (κ1) is 14.1. The van der Waals surface area contributed by atoms with E-state index in [-0.39, 0.29) is 5.91 Å². The van der Waals surface area contributed by atoms with Crippen LogP contribution in [0.15, 0.2) is 0 Å². The van der Waals surface area contributed by atoms with E-state index >= 15 is 0 Å². The molecule has 1 saturated heterocycles. The highest BCUT2D eigenvalue weighted by Gasteiger charge is 2.16. The lowest BCUT2D eigenvalue weighted by molar-refractivity contribution is -0.130. The number of rotatable bonds is 5. The molecule has 1 fully saturated rings. The monoisotopic (exact) mass is 257 g/mol. The third kappa shape index (κ3) is 5.29. The lowest BCUT2D eigenvalue weighted by atomic mass is 10.3. The molecule has 1 amide bonds. The summed E-state index contributed by atoms with van der Waals surface area (Å²) in [6.45, 7) is 2.87. The van der Waals surface area contributed by atoms with Gasteiger partial charge in [0.15, 0.2) is 0 Å². The number of hydrogen-bond donors (Lipinski definition) is 0. The molecule has 0 saturated carbocycles. The fraction of sp³-hybridized carbons (Fsp3) is 0.818. The summed E-state index contributed by atoms with van der Waals surface area (Å²) in [5.74, 6) is 1.52. The minimum Gasteiger partial charge on any atom is -0.345 e. The zero-order chi connectivity index (χ0) is 12.7. The molecule has 0 aliphatic carbocycles. The lowest BCUT2D eigenvalue weighted by Crippen LogP contribution is -2.40. The highest BCUT2D eigenvalue weighted by molar-refractivity contribution is 7.85. The van der Waals surface area contributed by atoms with Gasteiger partial charge in [0.25, 0.3) is 0 Å². The quantitative estimate of drug-likeness (QED) is 0.685. The molecule has 0 radical (unpaired) electrons. The van der Waals surface area contributed by atoms with Crippen molar-refractivity contribution in [3.63, 3.8) is 0 Å². The van der Waals surface area contributed by atoms with Gasteiger partial charge in [0.2, 0.25) is 5.91 Å². The van der Waals surface area contributed by atoms with Gasteiger partial charge in [-0.15, -0.1) is 0 Å². The third-order valence-corrected chi connectivity index (χ3v) is 4.17. The number of nitriles is 1. The molecule has 1 rings (SSSR count). The number of nitrogens with zero attached hydrogens (tertiary/aromatic N) is 3. The highest BCUT2D eigenvalue weighted by Crippen LogP contribution is 2.02. The van der Waals surface area contributed by atoms with Crippen LogP contribution in [-0.2, 0) is 15.6 Å². The Morgan fingerprint density at radius 2 is 2.12 bits per heavy atom. The Balaban J connectivity index is 2.19. The molecule has 6 heteroatoms. The van der Waals surface area contributed by atoms with E-state index in [4.69, 9.17) is 5.26 Å². The Kier molecular flexibility index (Phi) is 6.16. The molecular weight excluding hydrogens is 238 g/mol. The SMILES string of the molecule is CN(CCC#N)C(=O)CCN1CCS(=O)CC1. The molecule has 1 aliphatic rings. The predicted octanol–water partition coefficient (Wildman–Crippen LogP) is -0.187. The van der Waals surface area contributed by atoms with Crippen LogP contribution in [0.25, 0.3) is 0 Å². The Morgan fingerprint density at radius 1 is 1.47 bits per heavy atom. The van der Waals surface area contributed by atoms with E-state index in [0.29, 0.717) is 19.4 Å². The van der Waals surface area contributed by atoms with Crippen LogP contribution in [0.5, 0.6) is 0 Å². The van der Waals surface area contributed by atoms with Crippen LogP contribution in [0.2, 0.25) is 0 Å². The zero-order valence-electron chi connectivity index (χ0n) is 10.2. The van der Waals surface area contributed by atoms with E-state index in [1.54, 1.807) is 11.9 Å². The van der Waals surface area contributed by atoms with Crippen molar-refractivity contribution in [2.45, 2.75) is 12.8 Å². The molecule has 0 spiro atoms. The van der Waals surface area contributed by atoms with Crippen molar-refractivity contribution in [3.05, 3.63) is 0 Å². The summed E-state index contributed by atoms with van der Waals surface area (Å²) in [5.41, 5.74) is 0. The number of carbonyl (C=O) groups is 1. The van der Waals surface area contributed by atoms with Gasteiger partial charge >= 0.3 is 0 Å². The van der Waals surface area contributed by atoms with Crippen LogP contribution in [0.3, 0.4) is 0 Å². The van der Waals surface area contributed by atoms with Crippen molar-refractivity contribution in [2.24, 2.45) is 0 Å². The van der Waals surface area contributed by atoms with Crippen LogP contribution in [0.1, 0.15) is 12.8 Å². The molecular formula is C11H19N3O2S. The van der Waals surface area contributed by atoms with Gasteiger partial charge in [-0.3, -0.25) is 9.00 Å². The molecule has 0 aromatic rings. The minimum absolute atomic E-state index is 0.0759. The van der Waals surface area contributed by atoms with E-state index in [0.717, 1.165) is 31.1 Å². The number of carbonyl (C=O) groups excluding carboxylic acids is 1. The van der Waals surface area contributed by atoms with Gasteiger partial charge in [-0.25, -0.2) is 0 Å². The van der Waals surface area contributed by atoms with Crippen molar-refractivity contribution in [1.82, 2.24) is 9.80 Å². The van der Waals surface area contributed by atoms with Gasteiger partial charge in [-0.2, -0.15) is 5.26 Å². The molecule has 1 aliphatic heterocycles. The maximum Gasteiger partial charge on any atom is 0.223 e. The van der Waals surface area contributed by atoms with E-state index in [1.165, 1.54) is 0 Å². The summed E-state index contributed by atoms with van der Waals surface area (Å²) in [5, 5.41) is 8.43. The molecule has 96 valence electrons. The fourth-order valence-corrected chi connectivity index (χ4v) is 2.81. The Morgan fingerprint density at radius 3 is 2.71 bits per heavy atom. The summed E-state index contributed by atoms with van der Waals surface area (Å²) in [6, 6.07) is 2.03. The molecule has 0 bridgehead atoms. The van der Waals surface area contributed by atoms with E-state index in [9.17, 15) is 9.00 Å². The van der Waals surface area contributed by atoms with Crippen molar-refractivity contribution in [2.75, 3.05) is 44.7 Å². The predicted molar refractivity (Wildman–Crippen MR) is 66.8 cm³/mol. The normalized spacial score (nSPS) is 17.6. The van der Waals surface area contributed by atoms with E-state index in [2.05, 4.69) is 4.90 Å². The van der Waals surface area contributed by atoms with Crippen LogP contribution in [-0.4, -0.2) is 64.6 Å². The molecule has 0 aromatic heterocycles. The van der Waals surface area contributed by atoms with Gasteiger partial charge in [0.1, 0.15) is 0 Å². The summed E-state index contributed by atoms with van der Waals surface area (Å²) >= 11 is 0. The summed E-state index contributed by atoms with van der Waals surface area (Å²) in [7, 11) is 1.07. The minimum atomic E-state index is -0.661. The fourth-order valence-electron chi connectivity index (χ4n) is 1.69. The van der Waals surface area contributed by atoms with Gasteiger partial charge in [0.05, 0.1) is 12.5 Å². The average Bonchev–Trinajstić information content (AvgIpc) is 2.34. The Hall–Kier alpha value is -0.930. The first-order valence-electron chi connectivity index (χ1n) is 5.81. The largest absolute Gasteiger partial charge is 0.345 e. The Bertz CT molecular complexity index is 317. The second kappa shape index (κ2) is 7.41. The van der Waals surface area contributed by atoms with Crippen molar-refractivity contribution < 1.29 is 9.00 Å². The first-order chi connectivity index (χ1) is 8.13. The third-order valence-electron chi connectivity index (χ3n) is 2.90. The van der Waals surface area contributed by atoms with Crippen LogP contribution >= 0.6 is 0 Å². The van der Waals surface area contributed by atoms with Crippen molar-refractivity contribution in [3.8, 4) is 6.07 Å². The lowest BCUT2D eigenvalue weighted by Gasteiger charge is -2.26. The summed E-state index contributed by atoms with van der Waals surface area (Å²) in [6.07, 6.45) is 0.861. The van der Waals surface area contributed by atoms with Crippen LogP contribution < -0.4 is 0 Å². The summed E-state index contributed by atoms with van der Waals surface area (Å²) in [4.78, 5) is 15.5. The van der Waals surface area contributed by atoms with E-state index in [1.807, 2.05) is 6.07 Å². The molecule has 5 nitrogen and oxygen atoms in total. The van der Waals surface area contributed by atoms with Crippen molar-refractivity contribution in [1.29, 1.82) is 5.26 Å². The average molecular weight is 257 g/mol. The van der Waals surface area contributed by atoms with Gasteiger partial charge in [-0.05, 0) is 0 Å². The standard InChI is InChI=1S/C11H19N3O2S/c1-13(5-2-4-12)11(15)3-6-14-7-9-17(16)10-8-14/h2-3,5-10H2,1H3. The van der Waals surface area contributed by atoms with Crippen LogP contribution in [0, 0.1) is 11.3 Å². The van der Waals surface area contributed by atoms with Gasteiger partial charge < -0.3 is 9.80 Å². The zero-order valence-corrected chi connectivity index (χ0v) is 11.0. The molecule has 0 N–H and O–H groups in total. The number of amides is 1. The number of hydrogen-bond acceptors (Lipinski definition) is 4. The maximum absolute atomic E-state index is 11.7. The topological polar surface area (TPSA) is 64.4 Å². The van der Waals surface area contributed by atoms with Crippen LogP contribution in [0.4, 0.5) is 0 Å². The van der Waals surface area contributed by atoms with Gasteiger partial charge in [-0.1, -0.05) is 0 Å². The molecule has 1 heterocycles.